The summed E-state index contributed by atoms with van der Waals surface area (Å²) in [5.74, 6) is 0.0731. The molecule has 3 nitrogen and oxygen atoms in total. The maximum Gasteiger partial charge on any atom is 0.236 e. The highest BCUT2D eigenvalue weighted by molar-refractivity contribution is 9.10. The highest BCUT2D eigenvalue weighted by Gasteiger charge is 2.22. The second-order valence-corrected chi connectivity index (χ2v) is 6.61. The van der Waals surface area contributed by atoms with Gasteiger partial charge in [0.15, 0.2) is 0 Å². The number of hydrogen-bond acceptors (Lipinski definition) is 2. The molecule has 4 heteroatoms. The number of nitrogens with zero attached hydrogens (tertiary/aromatic N) is 1. The number of rotatable bonds is 5. The summed E-state index contributed by atoms with van der Waals surface area (Å²) in [6.07, 6.45) is 3.72. The molecule has 1 fully saturated rings. The molecular weight excluding hydrogens is 256 g/mol. The van der Waals surface area contributed by atoms with Crippen LogP contribution in [0.15, 0.2) is 0 Å². The fourth-order valence-corrected chi connectivity index (χ4v) is 1.86. The highest BCUT2D eigenvalue weighted by Crippen LogP contribution is 2.15. The number of carbonyl (C=O) groups is 1. The number of hydrogen-bond donors (Lipinski definition) is 1. The van der Waals surface area contributed by atoms with Gasteiger partial charge in [0.2, 0.25) is 5.91 Å². The smallest absolute Gasteiger partial charge is 0.236 e. The van der Waals surface area contributed by atoms with Gasteiger partial charge in [-0.3, -0.25) is 4.79 Å². The Balaban J connectivity index is 2.03. The van der Waals surface area contributed by atoms with Crippen molar-refractivity contribution in [2.24, 2.45) is 0 Å². The molecule has 0 radical (unpaired) electrons. The zero-order valence-electron chi connectivity index (χ0n) is 9.68. The quantitative estimate of drug-likeness (QED) is 0.613. The Morgan fingerprint density at radius 1 is 1.40 bits per heavy atom. The summed E-state index contributed by atoms with van der Waals surface area (Å²) in [6, 6.07) is 0. The van der Waals surface area contributed by atoms with E-state index in [0.29, 0.717) is 0 Å². The summed E-state index contributed by atoms with van der Waals surface area (Å²) in [5.41, 5.74) is 0. The third-order valence-corrected chi connectivity index (χ3v) is 3.04. The Kier molecular flexibility index (Phi) is 5.06. The molecule has 1 rings (SSSR count). The van der Waals surface area contributed by atoms with Gasteiger partial charge in [0.05, 0.1) is 4.32 Å². The first kappa shape index (κ1) is 13.0. The standard InChI is InChI=1S/C11H21BrN2O/c1-11(2,12)10(15)13-6-5-9-14-7-3-4-8-14/h3-9H2,1-2H3,(H,13,15). The van der Waals surface area contributed by atoms with Crippen LogP contribution in [0, 0.1) is 0 Å². The van der Waals surface area contributed by atoms with Crippen LogP contribution in [-0.2, 0) is 4.79 Å². The van der Waals surface area contributed by atoms with Crippen molar-refractivity contribution < 1.29 is 4.79 Å². The Hall–Kier alpha value is -0.0900. The minimum atomic E-state index is -0.444. The topological polar surface area (TPSA) is 32.3 Å². The number of nitrogens with one attached hydrogen (secondary N) is 1. The van der Waals surface area contributed by atoms with Crippen molar-refractivity contribution in [1.29, 1.82) is 0 Å². The second kappa shape index (κ2) is 5.85. The van der Waals surface area contributed by atoms with Crippen molar-refractivity contribution in [2.75, 3.05) is 26.2 Å². The largest absolute Gasteiger partial charge is 0.355 e. The van der Waals surface area contributed by atoms with Gasteiger partial charge in [-0.2, -0.15) is 0 Å². The molecule has 1 heterocycles. The van der Waals surface area contributed by atoms with E-state index >= 15 is 0 Å². The van der Waals surface area contributed by atoms with Gasteiger partial charge in [-0.25, -0.2) is 0 Å². The number of alkyl halides is 1. The van der Waals surface area contributed by atoms with Crippen molar-refractivity contribution in [3.05, 3.63) is 0 Å². The maximum atomic E-state index is 11.5. The van der Waals surface area contributed by atoms with Crippen LogP contribution in [0.25, 0.3) is 0 Å². The van der Waals surface area contributed by atoms with Crippen LogP contribution in [0.2, 0.25) is 0 Å². The maximum absolute atomic E-state index is 11.5. The van der Waals surface area contributed by atoms with E-state index in [1.54, 1.807) is 0 Å². The summed E-state index contributed by atoms with van der Waals surface area (Å²) < 4.78 is -0.444. The lowest BCUT2D eigenvalue weighted by molar-refractivity contribution is -0.122. The zero-order chi connectivity index (χ0) is 11.3. The van der Waals surface area contributed by atoms with Gasteiger partial charge in [-0.1, -0.05) is 15.9 Å². The summed E-state index contributed by atoms with van der Waals surface area (Å²) in [7, 11) is 0. The first-order valence-corrected chi connectivity index (χ1v) is 6.49. The first-order chi connectivity index (χ1) is 7.00. The monoisotopic (exact) mass is 276 g/mol. The van der Waals surface area contributed by atoms with Gasteiger partial charge >= 0.3 is 0 Å². The van der Waals surface area contributed by atoms with E-state index in [-0.39, 0.29) is 5.91 Å². The predicted molar refractivity (Wildman–Crippen MR) is 66.3 cm³/mol. The van der Waals surface area contributed by atoms with Crippen LogP contribution in [0.1, 0.15) is 33.1 Å². The van der Waals surface area contributed by atoms with Crippen molar-refractivity contribution in [3.8, 4) is 0 Å². The van der Waals surface area contributed by atoms with E-state index in [4.69, 9.17) is 0 Å². The van der Waals surface area contributed by atoms with E-state index < -0.39 is 4.32 Å². The Bertz CT molecular complexity index is 207. The minimum Gasteiger partial charge on any atom is -0.355 e. The van der Waals surface area contributed by atoms with Crippen LogP contribution in [0.4, 0.5) is 0 Å². The lowest BCUT2D eigenvalue weighted by atomic mass is 10.2. The number of amides is 1. The van der Waals surface area contributed by atoms with Crippen LogP contribution in [0.3, 0.4) is 0 Å². The summed E-state index contributed by atoms with van der Waals surface area (Å²) in [5, 5.41) is 2.93. The molecule has 0 bridgehead atoms. The molecule has 0 unspecified atom stereocenters. The molecule has 1 aliphatic heterocycles. The van der Waals surface area contributed by atoms with Crippen LogP contribution < -0.4 is 5.32 Å². The highest BCUT2D eigenvalue weighted by atomic mass is 79.9. The average molecular weight is 277 g/mol. The number of carbonyl (C=O) groups excluding carboxylic acids is 1. The van der Waals surface area contributed by atoms with E-state index in [2.05, 4.69) is 26.1 Å². The molecule has 88 valence electrons. The van der Waals surface area contributed by atoms with Crippen molar-refractivity contribution >= 4 is 21.8 Å². The lowest BCUT2D eigenvalue weighted by Gasteiger charge is -2.17. The van der Waals surface area contributed by atoms with Crippen LogP contribution >= 0.6 is 15.9 Å². The number of likely N-dealkylation sites (tertiary alicyclic amines) is 1. The Labute approximate surface area is 101 Å². The fourth-order valence-electron chi connectivity index (χ4n) is 1.72. The van der Waals surface area contributed by atoms with E-state index in [0.717, 1.165) is 19.5 Å². The summed E-state index contributed by atoms with van der Waals surface area (Å²) in [4.78, 5) is 14.0. The Morgan fingerprint density at radius 2 is 2.00 bits per heavy atom. The van der Waals surface area contributed by atoms with E-state index in [1.807, 2.05) is 13.8 Å². The predicted octanol–water partition coefficient (Wildman–Crippen LogP) is 1.76. The van der Waals surface area contributed by atoms with Crippen molar-refractivity contribution in [1.82, 2.24) is 10.2 Å². The normalized spacial score (nSPS) is 18.1. The van der Waals surface area contributed by atoms with Crippen LogP contribution in [0.5, 0.6) is 0 Å². The molecule has 15 heavy (non-hydrogen) atoms. The lowest BCUT2D eigenvalue weighted by Crippen LogP contribution is -2.38. The van der Waals surface area contributed by atoms with Gasteiger partial charge in [0.1, 0.15) is 0 Å². The fraction of sp³-hybridized carbons (Fsp3) is 0.909. The van der Waals surface area contributed by atoms with Gasteiger partial charge in [0.25, 0.3) is 0 Å². The van der Waals surface area contributed by atoms with E-state index in [9.17, 15) is 4.79 Å². The third-order valence-electron chi connectivity index (χ3n) is 2.68. The molecule has 0 atom stereocenters. The molecule has 1 aliphatic rings. The second-order valence-electron chi connectivity index (χ2n) is 4.63. The molecule has 1 N–H and O–H groups in total. The summed E-state index contributed by atoms with van der Waals surface area (Å²) >= 11 is 3.34. The van der Waals surface area contributed by atoms with Gasteiger partial charge in [0, 0.05) is 6.54 Å². The molecule has 0 aliphatic carbocycles. The zero-order valence-corrected chi connectivity index (χ0v) is 11.3. The molecule has 0 aromatic rings. The van der Waals surface area contributed by atoms with Gasteiger partial charge in [-0.15, -0.1) is 0 Å². The van der Waals surface area contributed by atoms with E-state index in [1.165, 1.54) is 25.9 Å². The SMILES string of the molecule is CC(C)(Br)C(=O)NCCCN1CCCC1. The third kappa shape index (κ3) is 4.98. The first-order valence-electron chi connectivity index (χ1n) is 5.70. The molecule has 1 saturated heterocycles. The van der Waals surface area contributed by atoms with Crippen molar-refractivity contribution in [3.63, 3.8) is 0 Å². The Morgan fingerprint density at radius 3 is 2.53 bits per heavy atom. The van der Waals surface area contributed by atoms with Gasteiger partial charge < -0.3 is 10.2 Å². The molecule has 0 aromatic carbocycles. The molecule has 0 saturated carbocycles. The minimum absolute atomic E-state index is 0.0731. The van der Waals surface area contributed by atoms with Crippen molar-refractivity contribution in [2.45, 2.75) is 37.4 Å². The molecule has 0 aromatic heterocycles. The molecule has 1 amide bonds. The number of halogens is 1. The summed E-state index contributed by atoms with van der Waals surface area (Å²) in [6.45, 7) is 8.09. The molecular formula is C11H21BrN2O. The van der Waals surface area contributed by atoms with Gasteiger partial charge in [-0.05, 0) is 52.7 Å². The average Bonchev–Trinajstić information content (AvgIpc) is 2.63. The molecule has 0 spiro atoms. The van der Waals surface area contributed by atoms with Crippen LogP contribution in [-0.4, -0.2) is 41.3 Å².